The smallest absolute Gasteiger partial charge is 0.252 e. The van der Waals surface area contributed by atoms with Crippen molar-refractivity contribution >= 4 is 65.7 Å². The number of halogens is 2. The van der Waals surface area contributed by atoms with E-state index in [9.17, 15) is 21.6 Å². The normalized spacial score (nSPS) is 16.3. The fourth-order valence-corrected chi connectivity index (χ4v) is 8.65. The van der Waals surface area contributed by atoms with Gasteiger partial charge in [0, 0.05) is 18.4 Å². The molecular formula is C24H19ClFN3O5S4. The molecule has 0 unspecified atom stereocenters. The van der Waals surface area contributed by atoms with Crippen LogP contribution in [0.1, 0.15) is 6.42 Å². The maximum absolute atomic E-state index is 15.7. The van der Waals surface area contributed by atoms with E-state index >= 15 is 4.39 Å². The number of nitrogens with zero attached hydrogens (tertiary/aromatic N) is 2. The highest BCUT2D eigenvalue weighted by Crippen LogP contribution is 2.37. The molecule has 5 rings (SSSR count). The van der Waals surface area contributed by atoms with E-state index in [2.05, 4.69) is 9.71 Å². The van der Waals surface area contributed by atoms with Gasteiger partial charge in [0.1, 0.15) is 15.9 Å². The number of carbonyl (C=O) groups is 1. The van der Waals surface area contributed by atoms with Gasteiger partial charge in [0.15, 0.2) is 19.9 Å². The van der Waals surface area contributed by atoms with Crippen LogP contribution in [0.15, 0.2) is 69.9 Å². The van der Waals surface area contributed by atoms with Gasteiger partial charge in [-0.2, -0.15) is 4.72 Å². The van der Waals surface area contributed by atoms with Gasteiger partial charge in [0.05, 0.1) is 21.1 Å². The Kier molecular flexibility index (Phi) is 7.18. The summed E-state index contributed by atoms with van der Waals surface area (Å²) in [6.45, 7) is -0.00153. The van der Waals surface area contributed by atoms with Crippen molar-refractivity contribution in [2.24, 2.45) is 0 Å². The maximum Gasteiger partial charge on any atom is 0.252 e. The first-order valence-corrected chi connectivity index (χ1v) is 16.5. The molecule has 2 aromatic heterocycles. The number of nitrogens with one attached hydrogen (secondary N) is 1. The third kappa shape index (κ3) is 5.14. The largest absolute Gasteiger partial charge is 0.308 e. The molecule has 2 aromatic carbocycles. The number of thiophene rings is 1. The molecule has 1 amide bonds. The zero-order valence-electron chi connectivity index (χ0n) is 19.6. The van der Waals surface area contributed by atoms with Crippen LogP contribution >= 0.6 is 34.3 Å². The van der Waals surface area contributed by atoms with Gasteiger partial charge >= 0.3 is 0 Å². The Balaban J connectivity index is 1.41. The molecule has 8 nitrogen and oxygen atoms in total. The molecule has 0 spiro atoms. The predicted octanol–water partition coefficient (Wildman–Crippen LogP) is 4.82. The van der Waals surface area contributed by atoms with Crippen LogP contribution in [-0.4, -0.2) is 46.6 Å². The van der Waals surface area contributed by atoms with E-state index in [1.54, 1.807) is 42.5 Å². The molecule has 0 aliphatic carbocycles. The molecule has 38 heavy (non-hydrogen) atoms. The number of aromatic nitrogens is 1. The van der Waals surface area contributed by atoms with Crippen LogP contribution in [0.4, 0.5) is 10.1 Å². The first-order valence-electron chi connectivity index (χ1n) is 11.1. The zero-order valence-corrected chi connectivity index (χ0v) is 23.6. The van der Waals surface area contributed by atoms with E-state index in [1.165, 1.54) is 29.7 Å². The molecule has 14 heteroatoms. The quantitative estimate of drug-likeness (QED) is 0.321. The molecule has 1 aliphatic rings. The SMILES string of the molecule is CS(=O)(=O)c1c(-c2ccccc2)ccc(N2CC[C@H](NS(=O)(=O)c3cnc(-c4ccc(Cl)s4)s3)C2=O)c1F. The van der Waals surface area contributed by atoms with Crippen LogP contribution in [0.2, 0.25) is 4.34 Å². The monoisotopic (exact) mass is 611 g/mol. The van der Waals surface area contributed by atoms with Gasteiger partial charge < -0.3 is 4.90 Å². The molecule has 1 aliphatic heterocycles. The number of sulfone groups is 1. The lowest BCUT2D eigenvalue weighted by Crippen LogP contribution is -2.41. The number of thiazole rings is 1. The second kappa shape index (κ2) is 10.1. The first-order chi connectivity index (χ1) is 18.0. The van der Waals surface area contributed by atoms with Gasteiger partial charge in [-0.25, -0.2) is 26.2 Å². The number of sulfonamides is 1. The van der Waals surface area contributed by atoms with Crippen molar-refractivity contribution in [2.45, 2.75) is 21.6 Å². The molecule has 198 valence electrons. The Morgan fingerprint density at radius 3 is 2.45 bits per heavy atom. The summed E-state index contributed by atoms with van der Waals surface area (Å²) in [5.41, 5.74) is 0.447. The molecule has 1 saturated heterocycles. The summed E-state index contributed by atoms with van der Waals surface area (Å²) in [6, 6.07) is 13.5. The minimum Gasteiger partial charge on any atom is -0.308 e. The summed E-state index contributed by atoms with van der Waals surface area (Å²) in [7, 11) is -8.12. The molecule has 4 aromatic rings. The van der Waals surface area contributed by atoms with E-state index < -0.39 is 42.5 Å². The Morgan fingerprint density at radius 1 is 1.05 bits per heavy atom. The van der Waals surface area contributed by atoms with Crippen LogP contribution in [0.3, 0.4) is 0 Å². The zero-order chi connectivity index (χ0) is 27.2. The van der Waals surface area contributed by atoms with Crippen molar-refractivity contribution in [2.75, 3.05) is 17.7 Å². The van der Waals surface area contributed by atoms with E-state index in [0.717, 1.165) is 22.5 Å². The number of rotatable bonds is 7. The lowest BCUT2D eigenvalue weighted by molar-refractivity contribution is -0.118. The number of benzene rings is 2. The summed E-state index contributed by atoms with van der Waals surface area (Å²) >= 11 is 8.14. The summed E-state index contributed by atoms with van der Waals surface area (Å²) in [5.74, 6) is -1.75. The topological polar surface area (TPSA) is 114 Å². The van der Waals surface area contributed by atoms with Gasteiger partial charge in [-0.05, 0) is 30.2 Å². The molecular weight excluding hydrogens is 593 g/mol. The second-order valence-electron chi connectivity index (χ2n) is 8.45. The van der Waals surface area contributed by atoms with Crippen LogP contribution in [0.25, 0.3) is 21.0 Å². The van der Waals surface area contributed by atoms with Gasteiger partial charge in [0.25, 0.3) is 10.0 Å². The predicted molar refractivity (Wildman–Crippen MR) is 146 cm³/mol. The van der Waals surface area contributed by atoms with Crippen molar-refractivity contribution in [3.05, 3.63) is 70.9 Å². The van der Waals surface area contributed by atoms with E-state index in [1.807, 2.05) is 0 Å². The van der Waals surface area contributed by atoms with Crippen LogP contribution in [-0.2, 0) is 24.7 Å². The average Bonchev–Trinajstić information content (AvgIpc) is 3.60. The van der Waals surface area contributed by atoms with Crippen molar-refractivity contribution in [1.29, 1.82) is 0 Å². The summed E-state index contributed by atoms with van der Waals surface area (Å²) in [6.07, 6.45) is 2.17. The first kappa shape index (κ1) is 26.9. The van der Waals surface area contributed by atoms with Crippen LogP contribution < -0.4 is 9.62 Å². The molecule has 0 saturated carbocycles. The molecule has 1 N–H and O–H groups in total. The lowest BCUT2D eigenvalue weighted by atomic mass is 10.0. The third-order valence-electron chi connectivity index (χ3n) is 5.86. The van der Waals surface area contributed by atoms with E-state index in [4.69, 9.17) is 11.6 Å². The maximum atomic E-state index is 15.7. The van der Waals surface area contributed by atoms with E-state index in [-0.39, 0.29) is 28.4 Å². The van der Waals surface area contributed by atoms with Crippen LogP contribution in [0.5, 0.6) is 0 Å². The average molecular weight is 612 g/mol. The molecule has 0 radical (unpaired) electrons. The summed E-state index contributed by atoms with van der Waals surface area (Å²) < 4.78 is 69.7. The Hall–Kier alpha value is -2.68. The Bertz CT molecular complexity index is 1750. The number of amides is 1. The second-order valence-corrected chi connectivity index (χ2v) is 15.1. The van der Waals surface area contributed by atoms with Crippen molar-refractivity contribution < 1.29 is 26.0 Å². The highest BCUT2D eigenvalue weighted by molar-refractivity contribution is 7.91. The lowest BCUT2D eigenvalue weighted by Gasteiger charge is -2.20. The Morgan fingerprint density at radius 2 is 1.79 bits per heavy atom. The fraction of sp³-hybridized carbons (Fsp3) is 0.167. The third-order valence-corrected chi connectivity index (χ3v) is 11.3. The highest BCUT2D eigenvalue weighted by Gasteiger charge is 2.38. The summed E-state index contributed by atoms with van der Waals surface area (Å²) in [4.78, 5) is 18.6. The van der Waals surface area contributed by atoms with E-state index in [0.29, 0.717) is 19.8 Å². The van der Waals surface area contributed by atoms with Gasteiger partial charge in [-0.15, -0.1) is 11.3 Å². The fourth-order valence-electron chi connectivity index (χ4n) is 4.16. The Labute approximate surface area is 231 Å². The van der Waals surface area contributed by atoms with Crippen LogP contribution in [0, 0.1) is 5.82 Å². The molecule has 0 bridgehead atoms. The number of anilines is 1. The standard InChI is InChI=1S/C24H19ClFN3O5S4/c1-37(31,32)22-15(14-5-3-2-4-6-14)7-8-17(21(22)26)29-12-11-16(24(29)30)28-38(33,34)20-13-27-23(36-20)18-9-10-19(25)35-18/h2-10,13,16,28H,11-12H2,1H3/t16-/m0/s1. The van der Waals surface area contributed by atoms with Crippen molar-refractivity contribution in [1.82, 2.24) is 9.71 Å². The number of carbonyl (C=O) groups excluding carboxylic acids is 1. The van der Waals surface area contributed by atoms with Gasteiger partial charge in [0.2, 0.25) is 5.91 Å². The summed E-state index contributed by atoms with van der Waals surface area (Å²) in [5, 5.41) is 0.468. The van der Waals surface area contributed by atoms with Gasteiger partial charge in [-0.1, -0.05) is 59.3 Å². The molecule has 1 atom stereocenters. The molecule has 1 fully saturated rings. The van der Waals surface area contributed by atoms with Crippen molar-refractivity contribution in [3.8, 4) is 21.0 Å². The highest BCUT2D eigenvalue weighted by atomic mass is 35.5. The minimum absolute atomic E-state index is 0.00153. The minimum atomic E-state index is -4.11. The molecule has 3 heterocycles. The van der Waals surface area contributed by atoms with Gasteiger partial charge in [-0.3, -0.25) is 4.79 Å². The van der Waals surface area contributed by atoms with Crippen molar-refractivity contribution in [3.63, 3.8) is 0 Å². The number of hydrogen-bond acceptors (Lipinski definition) is 8. The number of hydrogen-bond donors (Lipinski definition) is 1.